The van der Waals surface area contributed by atoms with Gasteiger partial charge in [0.05, 0.1) is 4.90 Å². The molecular formula is C17H21ClN4O2S. The van der Waals surface area contributed by atoms with Crippen LogP contribution in [0.3, 0.4) is 0 Å². The molecule has 2 heterocycles. The molecule has 0 amide bonds. The fraction of sp³-hybridized carbons (Fsp3) is 0.412. The molecule has 3 rings (SSSR count). The smallest absolute Gasteiger partial charge is 0.243 e. The van der Waals surface area contributed by atoms with E-state index in [-0.39, 0.29) is 4.90 Å². The third-order valence-electron chi connectivity index (χ3n) is 4.26. The van der Waals surface area contributed by atoms with Crippen LogP contribution in [0, 0.1) is 20.8 Å². The van der Waals surface area contributed by atoms with Crippen molar-refractivity contribution in [1.82, 2.24) is 14.3 Å². The summed E-state index contributed by atoms with van der Waals surface area (Å²) in [6, 6.07) is 6.87. The van der Waals surface area contributed by atoms with Gasteiger partial charge >= 0.3 is 0 Å². The maximum atomic E-state index is 12.9. The molecule has 0 saturated carbocycles. The van der Waals surface area contributed by atoms with Crippen molar-refractivity contribution in [2.75, 3.05) is 31.1 Å². The van der Waals surface area contributed by atoms with Gasteiger partial charge in [0.1, 0.15) is 0 Å². The monoisotopic (exact) mass is 380 g/mol. The van der Waals surface area contributed by atoms with Crippen LogP contribution in [0.4, 0.5) is 5.95 Å². The highest BCUT2D eigenvalue weighted by atomic mass is 35.5. The third kappa shape index (κ3) is 3.78. The van der Waals surface area contributed by atoms with Crippen LogP contribution in [0.5, 0.6) is 0 Å². The van der Waals surface area contributed by atoms with Crippen LogP contribution in [0.2, 0.25) is 5.02 Å². The van der Waals surface area contributed by atoms with Crippen LogP contribution in [0.15, 0.2) is 29.2 Å². The first-order chi connectivity index (χ1) is 11.8. The highest BCUT2D eigenvalue weighted by Gasteiger charge is 2.30. The summed E-state index contributed by atoms with van der Waals surface area (Å²) in [5, 5.41) is 0.423. The summed E-state index contributed by atoms with van der Waals surface area (Å²) >= 11 is 5.99. The topological polar surface area (TPSA) is 66.4 Å². The summed E-state index contributed by atoms with van der Waals surface area (Å²) in [5.74, 6) is 0.661. The molecule has 0 radical (unpaired) electrons. The van der Waals surface area contributed by atoms with E-state index in [2.05, 4.69) is 9.97 Å². The highest BCUT2D eigenvalue weighted by molar-refractivity contribution is 7.89. The first kappa shape index (κ1) is 18.1. The fourth-order valence-corrected chi connectivity index (χ4v) is 4.88. The van der Waals surface area contributed by atoms with Gasteiger partial charge in [0.2, 0.25) is 16.0 Å². The molecule has 1 aromatic heterocycles. The van der Waals surface area contributed by atoms with E-state index in [1.807, 2.05) is 24.8 Å². The predicted molar refractivity (Wildman–Crippen MR) is 98.7 cm³/mol. The number of aromatic nitrogens is 2. The Bertz CT molecular complexity index is 873. The van der Waals surface area contributed by atoms with Gasteiger partial charge in [-0.15, -0.1) is 0 Å². The van der Waals surface area contributed by atoms with Crippen LogP contribution in [-0.4, -0.2) is 48.9 Å². The zero-order chi connectivity index (χ0) is 18.2. The van der Waals surface area contributed by atoms with Crippen molar-refractivity contribution in [2.24, 2.45) is 0 Å². The quantitative estimate of drug-likeness (QED) is 0.818. The first-order valence-electron chi connectivity index (χ1n) is 8.11. The number of piperazine rings is 1. The van der Waals surface area contributed by atoms with E-state index in [1.165, 1.54) is 10.4 Å². The molecule has 25 heavy (non-hydrogen) atoms. The number of sulfonamides is 1. The highest BCUT2D eigenvalue weighted by Crippen LogP contribution is 2.25. The van der Waals surface area contributed by atoms with E-state index in [0.717, 1.165) is 11.4 Å². The second-order valence-corrected chi connectivity index (χ2v) is 8.59. The third-order valence-corrected chi connectivity index (χ3v) is 6.54. The zero-order valence-electron chi connectivity index (χ0n) is 14.5. The molecule has 0 N–H and O–H groups in total. The second kappa shape index (κ2) is 6.90. The van der Waals surface area contributed by atoms with Gasteiger partial charge in [-0.25, -0.2) is 18.4 Å². The number of aryl methyl sites for hydroxylation is 3. The molecule has 0 unspecified atom stereocenters. The Hall–Kier alpha value is -1.70. The first-order valence-corrected chi connectivity index (χ1v) is 9.93. The molecule has 1 aliphatic heterocycles. The lowest BCUT2D eigenvalue weighted by Gasteiger charge is -2.34. The molecule has 0 atom stereocenters. The van der Waals surface area contributed by atoms with E-state index in [4.69, 9.17) is 11.6 Å². The Morgan fingerprint density at radius 3 is 2.16 bits per heavy atom. The maximum absolute atomic E-state index is 12.9. The lowest BCUT2D eigenvalue weighted by Crippen LogP contribution is -2.49. The van der Waals surface area contributed by atoms with Crippen LogP contribution in [0.1, 0.15) is 17.0 Å². The molecular weight excluding hydrogens is 360 g/mol. The molecule has 0 bridgehead atoms. The Labute approximate surface area is 153 Å². The summed E-state index contributed by atoms with van der Waals surface area (Å²) < 4.78 is 27.4. The Morgan fingerprint density at radius 2 is 1.56 bits per heavy atom. The van der Waals surface area contributed by atoms with Crippen LogP contribution in [0.25, 0.3) is 0 Å². The maximum Gasteiger partial charge on any atom is 0.243 e. The molecule has 1 saturated heterocycles. The number of hydrogen-bond donors (Lipinski definition) is 0. The number of anilines is 1. The summed E-state index contributed by atoms with van der Waals surface area (Å²) in [4.78, 5) is 11.2. The summed E-state index contributed by atoms with van der Waals surface area (Å²) in [6.45, 7) is 7.54. The van der Waals surface area contributed by atoms with Crippen molar-refractivity contribution >= 4 is 27.6 Å². The molecule has 1 aliphatic rings. The van der Waals surface area contributed by atoms with Crippen molar-refractivity contribution in [3.8, 4) is 0 Å². The van der Waals surface area contributed by atoms with Crippen molar-refractivity contribution in [3.63, 3.8) is 0 Å². The standard InChI is InChI=1S/C17H21ClN4O2S/c1-12-4-5-15(18)11-16(12)25(23,24)22-8-6-21(7-9-22)17-19-13(2)10-14(3)20-17/h4-5,10-11H,6-9H2,1-3H3. The minimum atomic E-state index is -3.56. The van der Waals surface area contributed by atoms with E-state index in [0.29, 0.717) is 42.7 Å². The number of rotatable bonds is 3. The largest absolute Gasteiger partial charge is 0.338 e. The van der Waals surface area contributed by atoms with Crippen LogP contribution >= 0.6 is 11.6 Å². The van der Waals surface area contributed by atoms with Gasteiger partial charge in [0.25, 0.3) is 0 Å². The Balaban J connectivity index is 1.78. The number of halogens is 1. The summed E-state index contributed by atoms with van der Waals surface area (Å²) in [7, 11) is -3.56. The lowest BCUT2D eigenvalue weighted by molar-refractivity contribution is 0.382. The SMILES string of the molecule is Cc1cc(C)nc(N2CCN(S(=O)(=O)c3cc(Cl)ccc3C)CC2)n1. The number of nitrogens with zero attached hydrogens (tertiary/aromatic N) is 4. The molecule has 8 heteroatoms. The average Bonchev–Trinajstić information content (AvgIpc) is 2.56. The number of benzene rings is 1. The molecule has 0 spiro atoms. The molecule has 1 aromatic carbocycles. The minimum absolute atomic E-state index is 0.274. The molecule has 0 aliphatic carbocycles. The van der Waals surface area contributed by atoms with Gasteiger partial charge in [0.15, 0.2) is 0 Å². The summed E-state index contributed by atoms with van der Waals surface area (Å²) in [6.07, 6.45) is 0. The van der Waals surface area contributed by atoms with Crippen molar-refractivity contribution in [3.05, 3.63) is 46.2 Å². The van der Waals surface area contributed by atoms with Gasteiger partial charge in [-0.3, -0.25) is 0 Å². The summed E-state index contributed by atoms with van der Waals surface area (Å²) in [5.41, 5.74) is 2.52. The van der Waals surface area contributed by atoms with Crippen LogP contribution < -0.4 is 4.90 Å². The van der Waals surface area contributed by atoms with E-state index >= 15 is 0 Å². The number of hydrogen-bond acceptors (Lipinski definition) is 5. The zero-order valence-corrected chi connectivity index (χ0v) is 16.1. The molecule has 134 valence electrons. The van der Waals surface area contributed by atoms with Crippen molar-refractivity contribution < 1.29 is 8.42 Å². The van der Waals surface area contributed by atoms with Crippen molar-refractivity contribution in [1.29, 1.82) is 0 Å². The van der Waals surface area contributed by atoms with Gasteiger partial charge in [-0.2, -0.15) is 4.31 Å². The fourth-order valence-electron chi connectivity index (χ4n) is 2.97. The van der Waals surface area contributed by atoms with Gasteiger partial charge in [-0.1, -0.05) is 17.7 Å². The van der Waals surface area contributed by atoms with E-state index < -0.39 is 10.0 Å². The van der Waals surface area contributed by atoms with Gasteiger partial charge in [-0.05, 0) is 44.5 Å². The van der Waals surface area contributed by atoms with Gasteiger partial charge < -0.3 is 4.90 Å². The van der Waals surface area contributed by atoms with Crippen molar-refractivity contribution in [2.45, 2.75) is 25.7 Å². The second-order valence-electron chi connectivity index (χ2n) is 6.25. The Kier molecular flexibility index (Phi) is 4.99. The van der Waals surface area contributed by atoms with E-state index in [1.54, 1.807) is 19.1 Å². The predicted octanol–water partition coefficient (Wildman–Crippen LogP) is 2.57. The molecule has 6 nitrogen and oxygen atoms in total. The molecule has 1 fully saturated rings. The van der Waals surface area contributed by atoms with Crippen LogP contribution in [-0.2, 0) is 10.0 Å². The average molecular weight is 381 g/mol. The molecule has 2 aromatic rings. The van der Waals surface area contributed by atoms with Gasteiger partial charge in [0, 0.05) is 42.6 Å². The lowest BCUT2D eigenvalue weighted by atomic mass is 10.2. The minimum Gasteiger partial charge on any atom is -0.338 e. The Morgan fingerprint density at radius 1 is 0.960 bits per heavy atom. The van der Waals surface area contributed by atoms with E-state index in [9.17, 15) is 8.42 Å². The normalized spacial score (nSPS) is 16.2.